The number of hydrogen-bond donors (Lipinski definition) is 0. The summed E-state index contributed by atoms with van der Waals surface area (Å²) in [4.78, 5) is 0. The highest BCUT2D eigenvalue weighted by molar-refractivity contribution is 14.1. The Labute approximate surface area is 79.5 Å². The average Bonchev–Trinajstić information content (AvgIpc) is 2.32. The van der Waals surface area contributed by atoms with Crippen molar-refractivity contribution < 1.29 is 0 Å². The quantitative estimate of drug-likeness (QED) is 0.639. The van der Waals surface area contributed by atoms with Crippen LogP contribution in [0.25, 0.3) is 10.9 Å². The van der Waals surface area contributed by atoms with Crippen molar-refractivity contribution in [2.45, 2.75) is 6.92 Å². The first-order valence-electron chi connectivity index (χ1n) is 3.51. The van der Waals surface area contributed by atoms with Crippen molar-refractivity contribution in [1.29, 1.82) is 0 Å². The van der Waals surface area contributed by atoms with Gasteiger partial charge < -0.3 is 0 Å². The summed E-state index contributed by atoms with van der Waals surface area (Å²) < 4.78 is 2.10. The second-order valence-electron chi connectivity index (χ2n) is 2.69. The Bertz CT molecular complexity index is 389. The molecule has 1 heterocycles. The SMILES string of the molecule is Cc1ccc2c(ccn2I)c1. The van der Waals surface area contributed by atoms with Gasteiger partial charge in [0.25, 0.3) is 0 Å². The first-order chi connectivity index (χ1) is 5.27. The van der Waals surface area contributed by atoms with E-state index in [0.717, 1.165) is 0 Å². The molecule has 2 aromatic rings. The molecule has 0 saturated heterocycles. The molecule has 1 aromatic heterocycles. The second-order valence-corrected chi connectivity index (χ2v) is 3.73. The number of halogens is 1. The van der Waals surface area contributed by atoms with E-state index in [2.05, 4.69) is 63.0 Å². The largest absolute Gasteiger partial charge is 0.290 e. The van der Waals surface area contributed by atoms with Crippen LogP contribution in [0.4, 0.5) is 0 Å². The maximum Gasteiger partial charge on any atom is 0.0640 e. The molecule has 0 amide bonds. The summed E-state index contributed by atoms with van der Waals surface area (Å²) in [6.45, 7) is 2.12. The van der Waals surface area contributed by atoms with E-state index < -0.39 is 0 Å². The third-order valence-corrected chi connectivity index (χ3v) is 2.64. The minimum Gasteiger partial charge on any atom is -0.290 e. The zero-order valence-electron chi connectivity index (χ0n) is 6.21. The fourth-order valence-corrected chi connectivity index (χ4v) is 1.83. The first kappa shape index (κ1) is 7.16. The van der Waals surface area contributed by atoms with Crippen molar-refractivity contribution in [2.75, 3.05) is 0 Å². The van der Waals surface area contributed by atoms with Crippen LogP contribution in [-0.4, -0.2) is 2.78 Å². The van der Waals surface area contributed by atoms with Gasteiger partial charge in [-0.25, -0.2) is 0 Å². The Kier molecular flexibility index (Phi) is 1.64. The Hall–Kier alpha value is -0.510. The molecule has 56 valence electrons. The monoisotopic (exact) mass is 257 g/mol. The summed E-state index contributed by atoms with van der Waals surface area (Å²) >= 11 is 2.28. The number of aryl methyl sites for hydroxylation is 1. The summed E-state index contributed by atoms with van der Waals surface area (Å²) in [5, 5.41) is 1.32. The molecule has 1 aromatic carbocycles. The van der Waals surface area contributed by atoms with Gasteiger partial charge in [0, 0.05) is 11.6 Å². The van der Waals surface area contributed by atoms with E-state index >= 15 is 0 Å². The summed E-state index contributed by atoms with van der Waals surface area (Å²) in [6, 6.07) is 8.62. The van der Waals surface area contributed by atoms with Gasteiger partial charge in [-0.05, 0) is 25.1 Å². The van der Waals surface area contributed by atoms with Crippen molar-refractivity contribution in [3.63, 3.8) is 0 Å². The molecule has 0 spiro atoms. The number of fused-ring (bicyclic) bond motifs is 1. The molecule has 0 aliphatic heterocycles. The van der Waals surface area contributed by atoms with E-state index in [-0.39, 0.29) is 0 Å². The summed E-state index contributed by atoms with van der Waals surface area (Å²) in [5.74, 6) is 0. The molecule has 11 heavy (non-hydrogen) atoms. The van der Waals surface area contributed by atoms with Crippen LogP contribution >= 0.6 is 22.9 Å². The molecular formula is C9H8IN. The lowest BCUT2D eigenvalue weighted by atomic mass is 10.2. The van der Waals surface area contributed by atoms with Crippen molar-refractivity contribution in [1.82, 2.24) is 2.78 Å². The molecule has 0 fully saturated rings. The van der Waals surface area contributed by atoms with Gasteiger partial charge in [-0.1, -0.05) is 11.6 Å². The maximum atomic E-state index is 2.28. The van der Waals surface area contributed by atoms with Crippen molar-refractivity contribution in [3.05, 3.63) is 36.0 Å². The lowest BCUT2D eigenvalue weighted by molar-refractivity contribution is 1.41. The third-order valence-electron chi connectivity index (χ3n) is 1.80. The van der Waals surface area contributed by atoms with E-state index in [1.165, 1.54) is 16.5 Å². The highest BCUT2D eigenvalue weighted by atomic mass is 127. The molecular weight excluding hydrogens is 249 g/mol. The van der Waals surface area contributed by atoms with Crippen molar-refractivity contribution >= 4 is 33.8 Å². The lowest BCUT2D eigenvalue weighted by Gasteiger charge is -1.94. The summed E-state index contributed by atoms with van der Waals surface area (Å²) in [7, 11) is 0. The normalized spacial score (nSPS) is 10.7. The van der Waals surface area contributed by atoms with Crippen LogP contribution in [0.1, 0.15) is 5.56 Å². The summed E-state index contributed by atoms with van der Waals surface area (Å²) in [6.07, 6.45) is 2.07. The molecule has 1 nitrogen and oxygen atoms in total. The van der Waals surface area contributed by atoms with Gasteiger partial charge in [-0.15, -0.1) is 0 Å². The van der Waals surface area contributed by atoms with E-state index in [0.29, 0.717) is 0 Å². The van der Waals surface area contributed by atoms with Crippen LogP contribution in [0, 0.1) is 6.92 Å². The highest BCUT2D eigenvalue weighted by Crippen LogP contribution is 2.18. The lowest BCUT2D eigenvalue weighted by Crippen LogP contribution is -1.75. The van der Waals surface area contributed by atoms with Gasteiger partial charge >= 0.3 is 0 Å². The molecule has 2 rings (SSSR count). The number of rotatable bonds is 0. The van der Waals surface area contributed by atoms with Crippen LogP contribution in [0.3, 0.4) is 0 Å². The van der Waals surface area contributed by atoms with Gasteiger partial charge in [0.1, 0.15) is 0 Å². The number of benzene rings is 1. The van der Waals surface area contributed by atoms with Crippen LogP contribution in [0.2, 0.25) is 0 Å². The van der Waals surface area contributed by atoms with E-state index in [1.54, 1.807) is 0 Å². The average molecular weight is 257 g/mol. The zero-order valence-corrected chi connectivity index (χ0v) is 8.37. The van der Waals surface area contributed by atoms with Crippen LogP contribution < -0.4 is 0 Å². The minimum absolute atomic E-state index is 1.29. The van der Waals surface area contributed by atoms with E-state index in [1.807, 2.05) is 0 Å². The standard InChI is InChI=1S/C9H8IN/c1-7-2-3-9-8(6-7)4-5-11(9)10/h2-6H,1H3. The molecule has 0 aliphatic rings. The van der Waals surface area contributed by atoms with Crippen molar-refractivity contribution in [3.8, 4) is 0 Å². The second kappa shape index (κ2) is 2.52. The van der Waals surface area contributed by atoms with E-state index in [9.17, 15) is 0 Å². The molecule has 0 saturated carbocycles. The predicted octanol–water partition coefficient (Wildman–Crippen LogP) is 3.15. The molecule has 0 unspecified atom stereocenters. The number of hydrogen-bond acceptors (Lipinski definition) is 0. The molecule has 0 bridgehead atoms. The summed E-state index contributed by atoms with van der Waals surface area (Å²) in [5.41, 5.74) is 2.61. The fraction of sp³-hybridized carbons (Fsp3) is 0.111. The maximum absolute atomic E-state index is 2.28. The van der Waals surface area contributed by atoms with Gasteiger partial charge in [0.15, 0.2) is 0 Å². The Morgan fingerprint density at radius 2 is 2.09 bits per heavy atom. The molecule has 0 atom stereocenters. The Morgan fingerprint density at radius 3 is 2.91 bits per heavy atom. The first-order valence-corrected chi connectivity index (χ1v) is 4.48. The topological polar surface area (TPSA) is 4.93 Å². The Morgan fingerprint density at radius 1 is 1.27 bits per heavy atom. The smallest absolute Gasteiger partial charge is 0.0640 e. The number of nitrogens with zero attached hydrogens (tertiary/aromatic N) is 1. The predicted molar refractivity (Wildman–Crippen MR) is 56.1 cm³/mol. The van der Waals surface area contributed by atoms with Crippen LogP contribution in [0.15, 0.2) is 30.5 Å². The molecule has 0 radical (unpaired) electrons. The van der Waals surface area contributed by atoms with Crippen LogP contribution in [0.5, 0.6) is 0 Å². The van der Waals surface area contributed by atoms with Gasteiger partial charge in [0.2, 0.25) is 0 Å². The van der Waals surface area contributed by atoms with E-state index in [4.69, 9.17) is 0 Å². The zero-order chi connectivity index (χ0) is 7.84. The molecule has 0 N–H and O–H groups in total. The molecule has 0 aliphatic carbocycles. The van der Waals surface area contributed by atoms with Crippen LogP contribution in [-0.2, 0) is 0 Å². The minimum atomic E-state index is 1.29. The highest BCUT2D eigenvalue weighted by Gasteiger charge is 1.96. The Balaban J connectivity index is 2.86. The fourth-order valence-electron chi connectivity index (χ4n) is 1.23. The molecule has 2 heteroatoms. The van der Waals surface area contributed by atoms with Gasteiger partial charge in [0.05, 0.1) is 28.4 Å². The van der Waals surface area contributed by atoms with Gasteiger partial charge in [-0.3, -0.25) is 2.78 Å². The van der Waals surface area contributed by atoms with Gasteiger partial charge in [-0.2, -0.15) is 0 Å². The third kappa shape index (κ3) is 1.15. The van der Waals surface area contributed by atoms with Crippen molar-refractivity contribution in [2.24, 2.45) is 0 Å². The number of aromatic nitrogens is 1.